The highest BCUT2D eigenvalue weighted by Gasteiger charge is 2.30. The van der Waals surface area contributed by atoms with Crippen LogP contribution in [0.15, 0.2) is 0 Å². The van der Waals surface area contributed by atoms with Crippen LogP contribution in [0.2, 0.25) is 0 Å². The lowest BCUT2D eigenvalue weighted by atomic mass is 10.1. The summed E-state index contributed by atoms with van der Waals surface area (Å²) in [5.41, 5.74) is -2.31. The van der Waals surface area contributed by atoms with Gasteiger partial charge >= 0.3 is 24.0 Å². The minimum atomic E-state index is -1.41. The number of hydrogen-bond acceptors (Lipinski definition) is 8. The van der Waals surface area contributed by atoms with Crippen molar-refractivity contribution >= 4 is 29.9 Å². The highest BCUT2D eigenvalue weighted by atomic mass is 16.6. The molecular formula is C23H40N2O9. The third-order valence-corrected chi connectivity index (χ3v) is 3.74. The van der Waals surface area contributed by atoms with Gasteiger partial charge in [0.1, 0.15) is 28.9 Å². The van der Waals surface area contributed by atoms with E-state index in [1.807, 2.05) is 0 Å². The fraction of sp³-hybridized carbons (Fsp3) is 0.783. The molecule has 0 saturated carbocycles. The Labute approximate surface area is 201 Å². The minimum Gasteiger partial charge on any atom is -0.480 e. The normalized spacial score (nSPS) is 13.8. The Morgan fingerprint density at radius 1 is 0.647 bits per heavy atom. The molecule has 0 unspecified atom stereocenters. The SMILES string of the molecule is CC(C)(C)OC(=O)CC[C@@H](NC(=O)[C@@H](CCC(=O)OC(C)(C)C)NC(=O)OC(C)(C)C)C(=O)O. The number of nitrogens with one attached hydrogen (secondary N) is 2. The van der Waals surface area contributed by atoms with Crippen molar-refractivity contribution in [2.75, 3.05) is 0 Å². The molecule has 196 valence electrons. The lowest BCUT2D eigenvalue weighted by Crippen LogP contribution is -2.52. The largest absolute Gasteiger partial charge is 0.480 e. The van der Waals surface area contributed by atoms with Gasteiger partial charge < -0.3 is 30.0 Å². The maximum Gasteiger partial charge on any atom is 0.408 e. The molecule has 0 aromatic rings. The summed E-state index contributed by atoms with van der Waals surface area (Å²) in [5, 5.41) is 14.1. The average molecular weight is 489 g/mol. The number of carboxylic acids is 1. The standard InChI is InChI=1S/C23H40N2O9/c1-21(2,3)32-16(26)12-10-14(25-20(31)34-23(7,8)9)18(28)24-15(19(29)30)11-13-17(27)33-22(4,5)6/h14-15H,10-13H2,1-9H3,(H,24,28)(H,25,31)(H,29,30)/t14-,15-/m1/s1. The van der Waals surface area contributed by atoms with Gasteiger partial charge in [0.15, 0.2) is 0 Å². The molecule has 0 heterocycles. The topological polar surface area (TPSA) is 157 Å². The summed E-state index contributed by atoms with van der Waals surface area (Å²) in [6.07, 6.45) is -1.73. The molecule has 2 amide bonds. The number of ether oxygens (including phenoxy) is 3. The number of carbonyl (C=O) groups excluding carboxylic acids is 4. The molecule has 34 heavy (non-hydrogen) atoms. The van der Waals surface area contributed by atoms with Crippen molar-refractivity contribution < 1.29 is 43.3 Å². The van der Waals surface area contributed by atoms with Gasteiger partial charge in [-0.15, -0.1) is 0 Å². The van der Waals surface area contributed by atoms with Crippen LogP contribution in [0, 0.1) is 0 Å². The molecule has 0 saturated heterocycles. The van der Waals surface area contributed by atoms with Crippen molar-refractivity contribution in [2.45, 2.75) is 117 Å². The first-order valence-electron chi connectivity index (χ1n) is 11.1. The van der Waals surface area contributed by atoms with E-state index in [0.717, 1.165) is 0 Å². The fourth-order valence-electron chi connectivity index (χ4n) is 2.56. The summed E-state index contributed by atoms with van der Waals surface area (Å²) in [6.45, 7) is 15.0. The van der Waals surface area contributed by atoms with Crippen LogP contribution in [0.5, 0.6) is 0 Å². The van der Waals surface area contributed by atoms with E-state index in [2.05, 4.69) is 10.6 Å². The molecule has 0 rings (SSSR count). The van der Waals surface area contributed by atoms with Gasteiger partial charge in [-0.1, -0.05) is 0 Å². The Morgan fingerprint density at radius 3 is 1.38 bits per heavy atom. The molecule has 0 aromatic carbocycles. The summed E-state index contributed by atoms with van der Waals surface area (Å²) in [7, 11) is 0. The van der Waals surface area contributed by atoms with E-state index in [1.54, 1.807) is 62.3 Å². The third kappa shape index (κ3) is 15.9. The molecule has 0 aliphatic rings. The minimum absolute atomic E-state index is 0.154. The quantitative estimate of drug-likeness (QED) is 0.310. The van der Waals surface area contributed by atoms with Crippen molar-refractivity contribution in [3.63, 3.8) is 0 Å². The van der Waals surface area contributed by atoms with Crippen LogP contribution in [0.4, 0.5) is 4.79 Å². The maximum absolute atomic E-state index is 12.8. The van der Waals surface area contributed by atoms with E-state index >= 15 is 0 Å². The van der Waals surface area contributed by atoms with Crippen LogP contribution in [0.3, 0.4) is 0 Å². The van der Waals surface area contributed by atoms with Gasteiger partial charge in [-0.05, 0) is 75.2 Å². The third-order valence-electron chi connectivity index (χ3n) is 3.74. The summed E-state index contributed by atoms with van der Waals surface area (Å²) in [4.78, 5) is 60.7. The van der Waals surface area contributed by atoms with Crippen molar-refractivity contribution in [1.29, 1.82) is 0 Å². The monoisotopic (exact) mass is 488 g/mol. The lowest BCUT2D eigenvalue weighted by molar-refractivity contribution is -0.156. The smallest absolute Gasteiger partial charge is 0.408 e. The summed E-state index contributed by atoms with van der Waals surface area (Å²) in [6, 6.07) is -2.68. The number of aliphatic carboxylic acids is 1. The van der Waals surface area contributed by atoms with Gasteiger partial charge in [-0.3, -0.25) is 14.4 Å². The molecule has 0 bridgehead atoms. The second kappa shape index (κ2) is 12.6. The van der Waals surface area contributed by atoms with E-state index in [1.165, 1.54) is 0 Å². The number of amides is 2. The maximum atomic E-state index is 12.8. The number of carbonyl (C=O) groups is 5. The molecule has 3 N–H and O–H groups in total. The highest BCUT2D eigenvalue weighted by Crippen LogP contribution is 2.13. The van der Waals surface area contributed by atoms with Crippen LogP contribution < -0.4 is 10.6 Å². The van der Waals surface area contributed by atoms with Gasteiger partial charge in [0, 0.05) is 12.8 Å². The Balaban J connectivity index is 5.32. The van der Waals surface area contributed by atoms with Crippen molar-refractivity contribution in [2.24, 2.45) is 0 Å². The molecule has 0 aliphatic carbocycles. The fourth-order valence-corrected chi connectivity index (χ4v) is 2.56. The first-order chi connectivity index (χ1) is 15.2. The Kier molecular flexibility index (Phi) is 11.5. The van der Waals surface area contributed by atoms with Crippen molar-refractivity contribution in [3.8, 4) is 0 Å². The van der Waals surface area contributed by atoms with Gasteiger partial charge in [0.25, 0.3) is 0 Å². The molecule has 0 spiro atoms. The van der Waals surface area contributed by atoms with Gasteiger partial charge in [0.2, 0.25) is 5.91 Å². The van der Waals surface area contributed by atoms with Gasteiger partial charge in [-0.25, -0.2) is 9.59 Å². The zero-order valence-corrected chi connectivity index (χ0v) is 21.7. The number of carboxylic acid groups (broad SMARTS) is 1. The van der Waals surface area contributed by atoms with E-state index in [-0.39, 0.29) is 25.7 Å². The summed E-state index contributed by atoms with van der Waals surface area (Å²) < 4.78 is 15.5. The zero-order valence-electron chi connectivity index (χ0n) is 21.7. The first-order valence-corrected chi connectivity index (χ1v) is 11.1. The van der Waals surface area contributed by atoms with Crippen LogP contribution >= 0.6 is 0 Å². The number of alkyl carbamates (subject to hydrolysis) is 1. The number of hydrogen-bond donors (Lipinski definition) is 3. The summed E-state index contributed by atoms with van der Waals surface area (Å²) in [5.74, 6) is -3.40. The van der Waals surface area contributed by atoms with E-state index in [0.29, 0.717) is 0 Å². The van der Waals surface area contributed by atoms with Gasteiger partial charge in [0.05, 0.1) is 0 Å². The van der Waals surface area contributed by atoms with Crippen LogP contribution in [-0.4, -0.2) is 63.9 Å². The van der Waals surface area contributed by atoms with Crippen LogP contribution in [0.1, 0.15) is 88.0 Å². The second-order valence-corrected chi connectivity index (χ2v) is 10.8. The molecule has 11 nitrogen and oxygen atoms in total. The number of rotatable bonds is 10. The molecule has 0 aliphatic heterocycles. The van der Waals surface area contributed by atoms with Crippen molar-refractivity contribution in [1.82, 2.24) is 10.6 Å². The van der Waals surface area contributed by atoms with Crippen LogP contribution in [0.25, 0.3) is 0 Å². The van der Waals surface area contributed by atoms with E-state index in [9.17, 15) is 29.1 Å². The Morgan fingerprint density at radius 2 is 1.03 bits per heavy atom. The zero-order chi connectivity index (χ0) is 26.9. The molecule has 0 aromatic heterocycles. The molecular weight excluding hydrogens is 448 g/mol. The predicted octanol–water partition coefficient (Wildman–Crippen LogP) is 2.69. The molecule has 11 heteroatoms. The highest BCUT2D eigenvalue weighted by molar-refractivity contribution is 5.89. The Bertz CT molecular complexity index is 743. The average Bonchev–Trinajstić information content (AvgIpc) is 2.56. The van der Waals surface area contributed by atoms with E-state index < -0.39 is 58.8 Å². The van der Waals surface area contributed by atoms with Crippen molar-refractivity contribution in [3.05, 3.63) is 0 Å². The van der Waals surface area contributed by atoms with Gasteiger partial charge in [-0.2, -0.15) is 0 Å². The first kappa shape index (κ1) is 31.1. The summed E-state index contributed by atoms with van der Waals surface area (Å²) >= 11 is 0. The Hall–Kier alpha value is -2.85. The molecule has 0 fully saturated rings. The van der Waals surface area contributed by atoms with E-state index in [4.69, 9.17) is 14.2 Å². The molecule has 0 radical (unpaired) electrons. The lowest BCUT2D eigenvalue weighted by Gasteiger charge is -2.25. The molecule has 2 atom stereocenters. The predicted molar refractivity (Wildman–Crippen MR) is 123 cm³/mol. The van der Waals surface area contributed by atoms with Crippen LogP contribution in [-0.2, 0) is 33.4 Å². The number of esters is 2. The second-order valence-electron chi connectivity index (χ2n) is 10.8.